The van der Waals surface area contributed by atoms with Gasteiger partial charge in [-0.1, -0.05) is 51.0 Å². The highest BCUT2D eigenvalue weighted by Gasteiger charge is 2.77. The second-order valence-corrected chi connectivity index (χ2v) is 21.7. The number of Topliss-reactive ketones (excluding diaryl/α,β-unsaturated/α-hetero) is 2. The summed E-state index contributed by atoms with van der Waals surface area (Å²) in [5, 5.41) is 47.6. The number of esters is 2. The van der Waals surface area contributed by atoms with E-state index in [0.717, 1.165) is 0 Å². The molecule has 0 aliphatic heterocycles. The van der Waals surface area contributed by atoms with E-state index >= 15 is 8.78 Å². The highest BCUT2D eigenvalue weighted by molar-refractivity contribution is 6.02. The molecule has 6 saturated carbocycles. The molecule has 8 rings (SSSR count). The van der Waals surface area contributed by atoms with Gasteiger partial charge >= 0.3 is 11.9 Å². The summed E-state index contributed by atoms with van der Waals surface area (Å²) in [4.78, 5) is 77.6. The van der Waals surface area contributed by atoms with Crippen molar-refractivity contribution in [2.45, 2.75) is 153 Å². The zero-order valence-corrected chi connectivity index (χ0v) is 37.8. The van der Waals surface area contributed by atoms with Crippen LogP contribution in [0.4, 0.5) is 8.78 Å². The summed E-state index contributed by atoms with van der Waals surface area (Å²) in [6, 6.07) is 0. The van der Waals surface area contributed by atoms with Crippen LogP contribution < -0.4 is 0 Å². The molecule has 0 heterocycles. The lowest BCUT2D eigenvalue weighted by Gasteiger charge is -2.62. The van der Waals surface area contributed by atoms with Crippen molar-refractivity contribution >= 4 is 35.1 Å². The quantitative estimate of drug-likeness (QED) is 0.151. The van der Waals surface area contributed by atoms with Crippen molar-refractivity contribution in [2.75, 3.05) is 13.2 Å². The van der Waals surface area contributed by atoms with E-state index in [2.05, 4.69) is 0 Å². The molecular weight excluding hydrogens is 831 g/mol. The van der Waals surface area contributed by atoms with Crippen molar-refractivity contribution in [2.24, 2.45) is 57.2 Å². The number of fused-ring (bicyclic) bond motifs is 10. The van der Waals surface area contributed by atoms with E-state index in [0.29, 0.717) is 49.7 Å². The number of rotatable bonds is 11. The number of unbranched alkanes of at least 4 members (excludes halogenated alkanes) is 1. The Morgan fingerprint density at radius 1 is 0.641 bits per heavy atom. The van der Waals surface area contributed by atoms with Crippen LogP contribution >= 0.6 is 0 Å². The second kappa shape index (κ2) is 15.4. The fourth-order valence-corrected chi connectivity index (χ4v) is 15.5. The molecule has 0 amide bonds. The van der Waals surface area contributed by atoms with Crippen LogP contribution in [0.15, 0.2) is 47.6 Å². The number of ketones is 4. The van der Waals surface area contributed by atoms with Gasteiger partial charge in [-0.25, -0.2) is 8.78 Å². The summed E-state index contributed by atoms with van der Waals surface area (Å²) >= 11 is 0. The highest BCUT2D eigenvalue weighted by Crippen LogP contribution is 2.72. The number of aliphatic hydroxyl groups excluding tert-OH is 2. The predicted octanol–water partition coefficient (Wildman–Crippen LogP) is 5.47. The minimum absolute atomic E-state index is 0.165. The van der Waals surface area contributed by atoms with Crippen molar-refractivity contribution in [3.8, 4) is 0 Å². The van der Waals surface area contributed by atoms with Crippen molar-refractivity contribution in [3.05, 3.63) is 47.6 Å². The minimum Gasteiger partial charge on any atom is -0.458 e. The molecule has 16 atom stereocenters. The number of hydrogen-bond donors (Lipinski definition) is 4. The Hall–Kier alpha value is -3.72. The van der Waals surface area contributed by atoms with E-state index < -0.39 is 129 Å². The molecule has 4 unspecified atom stereocenters. The molecule has 0 aromatic carbocycles. The Kier molecular flexibility index (Phi) is 11.3. The number of halogens is 2. The molecule has 0 bridgehead atoms. The average molecular weight is 895 g/mol. The molecule has 12 nitrogen and oxygen atoms in total. The summed E-state index contributed by atoms with van der Waals surface area (Å²) in [7, 11) is 0. The lowest BCUT2D eigenvalue weighted by molar-refractivity contribution is -0.220. The smallest absolute Gasteiger partial charge is 0.306 e. The molecule has 4 N–H and O–H groups in total. The van der Waals surface area contributed by atoms with Crippen LogP contribution in [0.2, 0.25) is 0 Å². The van der Waals surface area contributed by atoms with Crippen LogP contribution in [-0.2, 0) is 38.2 Å². The van der Waals surface area contributed by atoms with Gasteiger partial charge in [0.1, 0.15) is 11.2 Å². The maximum absolute atomic E-state index is 17.5. The number of carbonyl (C=O) groups is 6. The molecule has 64 heavy (non-hydrogen) atoms. The number of ether oxygens (including phenoxy) is 2. The van der Waals surface area contributed by atoms with Gasteiger partial charge in [-0.2, -0.15) is 0 Å². The lowest BCUT2D eigenvalue weighted by Crippen LogP contribution is -2.69. The Morgan fingerprint density at radius 2 is 1.00 bits per heavy atom. The van der Waals surface area contributed by atoms with Crippen molar-refractivity contribution in [1.82, 2.24) is 0 Å². The summed E-state index contributed by atoms with van der Waals surface area (Å²) in [5.41, 5.74) is -11.9. The first-order valence-electron chi connectivity index (χ1n) is 23.3. The van der Waals surface area contributed by atoms with E-state index in [4.69, 9.17) is 9.47 Å². The van der Waals surface area contributed by atoms with Gasteiger partial charge in [0, 0.05) is 46.3 Å². The van der Waals surface area contributed by atoms with Gasteiger partial charge in [0.25, 0.3) is 0 Å². The molecule has 0 radical (unpaired) electrons. The number of aliphatic hydroxyl groups is 4. The van der Waals surface area contributed by atoms with Gasteiger partial charge in [0.05, 0.1) is 12.2 Å². The Balaban J connectivity index is 0.818. The van der Waals surface area contributed by atoms with Crippen LogP contribution in [0.1, 0.15) is 119 Å². The molecule has 0 aromatic rings. The Bertz CT molecular complexity index is 2030. The average Bonchev–Trinajstić information content (AvgIpc) is 3.57. The van der Waals surface area contributed by atoms with Crippen molar-refractivity contribution in [3.63, 3.8) is 0 Å². The monoisotopic (exact) mass is 894 g/mol. The number of hydrogen-bond acceptors (Lipinski definition) is 12. The van der Waals surface area contributed by atoms with E-state index in [-0.39, 0.29) is 50.1 Å². The molecule has 0 spiro atoms. The van der Waals surface area contributed by atoms with Gasteiger partial charge in [-0.05, 0) is 126 Å². The molecule has 8 aliphatic carbocycles. The van der Waals surface area contributed by atoms with Crippen LogP contribution in [0.25, 0.3) is 0 Å². The van der Waals surface area contributed by atoms with Crippen LogP contribution in [0, 0.1) is 57.2 Å². The first-order chi connectivity index (χ1) is 29.8. The van der Waals surface area contributed by atoms with E-state index in [1.807, 2.05) is 0 Å². The Labute approximate surface area is 373 Å². The summed E-state index contributed by atoms with van der Waals surface area (Å²) < 4.78 is 45.6. The zero-order valence-electron chi connectivity index (χ0n) is 37.8. The van der Waals surface area contributed by atoms with E-state index in [1.165, 1.54) is 24.3 Å². The molecule has 0 aromatic heterocycles. The fourth-order valence-electron chi connectivity index (χ4n) is 15.5. The standard InChI is InChI=1S/C50H64F2O12/c1-27-19-35-33-13-11-29-21-31(53)15-17-43(29,3)47(33,51)37(55)23-45(35,5)49(27,61)39(57)25-63-41(59)9-7-8-10-42(60)64-26-40(58)50(62)28(2)20-36-34-14-12-30-22-32(54)16-18-44(30,4)48(34,52)38(56)24-46(36,50)6/h15-18,21-22,27-28,33-38,55-56,61-62H,7-14,19-20,23-26H2,1-6H3/t27-,28-,33?,34?,35?,36?,37+,38+,43+,44+,45+,46+,47+,48+,49+,50+/m1/s1. The van der Waals surface area contributed by atoms with E-state index in [9.17, 15) is 49.2 Å². The van der Waals surface area contributed by atoms with Crippen LogP contribution in [0.3, 0.4) is 0 Å². The molecule has 8 aliphatic rings. The first-order valence-corrected chi connectivity index (χ1v) is 23.3. The molecule has 0 saturated heterocycles. The molecular formula is C50H64F2O12. The Morgan fingerprint density at radius 3 is 1.36 bits per heavy atom. The third-order valence-corrected chi connectivity index (χ3v) is 19.0. The number of alkyl halides is 2. The van der Waals surface area contributed by atoms with Crippen LogP contribution in [-0.4, -0.2) is 103 Å². The maximum Gasteiger partial charge on any atom is 0.306 e. The normalized spacial score (nSPS) is 47.5. The summed E-state index contributed by atoms with van der Waals surface area (Å²) in [6.45, 7) is 8.76. The largest absolute Gasteiger partial charge is 0.458 e. The van der Waals surface area contributed by atoms with Gasteiger partial charge < -0.3 is 29.9 Å². The third-order valence-electron chi connectivity index (χ3n) is 19.0. The minimum atomic E-state index is -2.13. The third kappa shape index (κ3) is 6.08. The predicted molar refractivity (Wildman–Crippen MR) is 226 cm³/mol. The number of allylic oxidation sites excluding steroid dienone is 8. The maximum atomic E-state index is 17.5. The molecule has 350 valence electrons. The van der Waals surface area contributed by atoms with Crippen molar-refractivity contribution < 1.29 is 67.4 Å². The van der Waals surface area contributed by atoms with E-state index in [1.54, 1.807) is 53.7 Å². The molecule has 6 fully saturated rings. The second-order valence-electron chi connectivity index (χ2n) is 21.7. The SMILES string of the molecule is C[C@@H]1CC2C3CCC4=CC(=O)C=C[C@]4(C)[C@@]3(F)[C@@H](O)C[C@]2(C)[C@@]1(O)C(=O)COC(=O)CCCCC(=O)OCC(=O)[C@@]1(O)[C@H](C)CC2C3CCC4=CC(=O)C=C[C@]4(C)[C@@]3(F)[C@@H](O)C[C@@]21C. The lowest BCUT2D eigenvalue weighted by atomic mass is 9.44. The first kappa shape index (κ1) is 46.8. The van der Waals surface area contributed by atoms with Gasteiger partial charge in [-0.15, -0.1) is 0 Å². The van der Waals surface area contributed by atoms with Crippen molar-refractivity contribution in [1.29, 1.82) is 0 Å². The fraction of sp³-hybridized carbons (Fsp3) is 0.720. The number of carbonyl (C=O) groups excluding carboxylic acids is 6. The topological polar surface area (TPSA) is 202 Å². The summed E-state index contributed by atoms with van der Waals surface area (Å²) in [6.07, 6.45) is 7.35. The van der Waals surface area contributed by atoms with Gasteiger partial charge in [-0.3, -0.25) is 28.8 Å². The summed E-state index contributed by atoms with van der Waals surface area (Å²) in [5.74, 6) is -7.02. The highest BCUT2D eigenvalue weighted by atomic mass is 19.1. The zero-order chi connectivity index (χ0) is 46.8. The van der Waals surface area contributed by atoms with Crippen LogP contribution in [0.5, 0.6) is 0 Å². The molecule has 14 heteroatoms. The van der Waals surface area contributed by atoms with Gasteiger partial charge in [0.15, 0.2) is 36.1 Å². The van der Waals surface area contributed by atoms with Gasteiger partial charge in [0.2, 0.25) is 11.6 Å².